The van der Waals surface area contributed by atoms with Gasteiger partial charge in [0.15, 0.2) is 0 Å². The van der Waals surface area contributed by atoms with Crippen LogP contribution < -0.4 is 4.74 Å². The molecule has 0 fully saturated rings. The van der Waals surface area contributed by atoms with Gasteiger partial charge in [-0.1, -0.05) is 42.5 Å². The van der Waals surface area contributed by atoms with E-state index in [1.165, 1.54) is 0 Å². The number of ether oxygens (including phenoxy) is 1. The maximum Gasteiger partial charge on any atom is 0.123 e. The van der Waals surface area contributed by atoms with Crippen LogP contribution in [0.4, 0.5) is 0 Å². The first-order chi connectivity index (χ1) is 9.29. The molecule has 3 rings (SSSR count). The van der Waals surface area contributed by atoms with Gasteiger partial charge in [0.1, 0.15) is 11.5 Å². The van der Waals surface area contributed by atoms with Crippen molar-refractivity contribution in [1.29, 1.82) is 0 Å². The molecule has 2 heteroatoms. The average molecular weight is 250 g/mol. The standard InChI is InChI=1S/C17H14O2/c1-19-13-9-10-17(18)16(11-13)15-8-4-6-12-5-2-3-7-14(12)15/h2-11,18H,1H3. The topological polar surface area (TPSA) is 29.5 Å². The highest BCUT2D eigenvalue weighted by molar-refractivity contribution is 5.98. The van der Waals surface area contributed by atoms with Crippen LogP contribution in [0.15, 0.2) is 60.7 Å². The zero-order chi connectivity index (χ0) is 13.2. The van der Waals surface area contributed by atoms with Gasteiger partial charge in [-0.2, -0.15) is 0 Å². The summed E-state index contributed by atoms with van der Waals surface area (Å²) in [5, 5.41) is 12.4. The Hall–Kier alpha value is -2.48. The predicted molar refractivity (Wildman–Crippen MR) is 77.6 cm³/mol. The fourth-order valence-electron chi connectivity index (χ4n) is 2.32. The molecular weight excluding hydrogens is 236 g/mol. The summed E-state index contributed by atoms with van der Waals surface area (Å²) in [4.78, 5) is 0. The average Bonchev–Trinajstić information content (AvgIpc) is 2.47. The molecule has 0 saturated carbocycles. The fourth-order valence-corrected chi connectivity index (χ4v) is 2.32. The third-order valence-electron chi connectivity index (χ3n) is 3.28. The van der Waals surface area contributed by atoms with Crippen LogP contribution in [0.2, 0.25) is 0 Å². The first-order valence-electron chi connectivity index (χ1n) is 6.15. The minimum absolute atomic E-state index is 0.261. The van der Waals surface area contributed by atoms with Crippen molar-refractivity contribution < 1.29 is 9.84 Å². The number of phenols is 1. The molecule has 0 radical (unpaired) electrons. The molecule has 0 atom stereocenters. The summed E-state index contributed by atoms with van der Waals surface area (Å²) >= 11 is 0. The lowest BCUT2D eigenvalue weighted by molar-refractivity contribution is 0.412. The normalized spacial score (nSPS) is 10.6. The van der Waals surface area contributed by atoms with E-state index in [-0.39, 0.29) is 5.75 Å². The quantitative estimate of drug-likeness (QED) is 0.737. The molecule has 2 nitrogen and oxygen atoms in total. The van der Waals surface area contributed by atoms with Crippen LogP contribution in [0.3, 0.4) is 0 Å². The van der Waals surface area contributed by atoms with Gasteiger partial charge in [0.2, 0.25) is 0 Å². The van der Waals surface area contributed by atoms with Crippen LogP contribution in [0, 0.1) is 0 Å². The Kier molecular flexibility index (Phi) is 2.84. The number of benzene rings is 3. The maximum absolute atomic E-state index is 10.1. The third kappa shape index (κ3) is 2.02. The van der Waals surface area contributed by atoms with Crippen molar-refractivity contribution in [3.05, 3.63) is 60.7 Å². The SMILES string of the molecule is COc1ccc(O)c(-c2cccc3ccccc23)c1. The van der Waals surface area contributed by atoms with E-state index in [9.17, 15) is 5.11 Å². The zero-order valence-electron chi connectivity index (χ0n) is 10.6. The van der Waals surface area contributed by atoms with Crippen LogP contribution in [0.25, 0.3) is 21.9 Å². The number of rotatable bonds is 2. The third-order valence-corrected chi connectivity index (χ3v) is 3.28. The first-order valence-corrected chi connectivity index (χ1v) is 6.15. The number of fused-ring (bicyclic) bond motifs is 1. The Bertz CT molecular complexity index is 727. The molecular formula is C17H14O2. The Morgan fingerprint density at radius 3 is 2.47 bits per heavy atom. The molecule has 1 N–H and O–H groups in total. The van der Waals surface area contributed by atoms with Crippen molar-refractivity contribution >= 4 is 10.8 Å². The van der Waals surface area contributed by atoms with E-state index in [0.717, 1.165) is 27.6 Å². The molecule has 0 aliphatic rings. The number of aromatic hydroxyl groups is 1. The van der Waals surface area contributed by atoms with Crippen molar-refractivity contribution in [1.82, 2.24) is 0 Å². The van der Waals surface area contributed by atoms with E-state index < -0.39 is 0 Å². The van der Waals surface area contributed by atoms with E-state index in [2.05, 4.69) is 18.2 Å². The van der Waals surface area contributed by atoms with E-state index in [1.54, 1.807) is 19.2 Å². The monoisotopic (exact) mass is 250 g/mol. The molecule has 0 aliphatic carbocycles. The van der Waals surface area contributed by atoms with Gasteiger partial charge in [0, 0.05) is 5.56 Å². The number of hydrogen-bond acceptors (Lipinski definition) is 2. The molecule has 0 aromatic heterocycles. The van der Waals surface area contributed by atoms with Crippen molar-refractivity contribution in [3.8, 4) is 22.6 Å². The number of hydrogen-bond donors (Lipinski definition) is 1. The summed E-state index contributed by atoms with van der Waals surface area (Å²) in [6, 6.07) is 19.5. The van der Waals surface area contributed by atoms with Gasteiger partial charge < -0.3 is 9.84 Å². The Morgan fingerprint density at radius 2 is 1.63 bits per heavy atom. The largest absolute Gasteiger partial charge is 0.507 e. The molecule has 94 valence electrons. The second-order valence-corrected chi connectivity index (χ2v) is 4.41. The van der Waals surface area contributed by atoms with Gasteiger partial charge in [-0.3, -0.25) is 0 Å². The molecule has 0 heterocycles. The van der Waals surface area contributed by atoms with E-state index >= 15 is 0 Å². The van der Waals surface area contributed by atoms with Crippen molar-refractivity contribution in [3.63, 3.8) is 0 Å². The number of phenolic OH excluding ortho intramolecular Hbond substituents is 1. The molecule has 0 saturated heterocycles. The minimum atomic E-state index is 0.261. The molecule has 0 aliphatic heterocycles. The predicted octanol–water partition coefficient (Wildman–Crippen LogP) is 4.22. The summed E-state index contributed by atoms with van der Waals surface area (Å²) in [5.41, 5.74) is 1.80. The lowest BCUT2D eigenvalue weighted by atomic mass is 9.97. The molecule has 0 unspecified atom stereocenters. The van der Waals surface area contributed by atoms with Crippen LogP contribution in [0.5, 0.6) is 11.5 Å². The van der Waals surface area contributed by atoms with Gasteiger partial charge >= 0.3 is 0 Å². The highest BCUT2D eigenvalue weighted by Gasteiger charge is 2.09. The fraction of sp³-hybridized carbons (Fsp3) is 0.0588. The van der Waals surface area contributed by atoms with Gasteiger partial charge in [-0.25, -0.2) is 0 Å². The Morgan fingerprint density at radius 1 is 0.842 bits per heavy atom. The van der Waals surface area contributed by atoms with Crippen LogP contribution in [-0.4, -0.2) is 12.2 Å². The Labute approximate surface area is 111 Å². The Balaban J connectivity index is 2.30. The zero-order valence-corrected chi connectivity index (χ0v) is 10.6. The smallest absolute Gasteiger partial charge is 0.123 e. The second-order valence-electron chi connectivity index (χ2n) is 4.41. The van der Waals surface area contributed by atoms with Crippen molar-refractivity contribution in [2.75, 3.05) is 7.11 Å². The summed E-state index contributed by atoms with van der Waals surface area (Å²) in [6.07, 6.45) is 0. The number of methoxy groups -OCH3 is 1. The maximum atomic E-state index is 10.1. The van der Waals surface area contributed by atoms with E-state index in [4.69, 9.17) is 4.74 Å². The summed E-state index contributed by atoms with van der Waals surface area (Å²) in [6.45, 7) is 0. The lowest BCUT2D eigenvalue weighted by Gasteiger charge is -2.10. The summed E-state index contributed by atoms with van der Waals surface area (Å²) in [5.74, 6) is 0.998. The van der Waals surface area contributed by atoms with Crippen molar-refractivity contribution in [2.45, 2.75) is 0 Å². The molecule has 3 aromatic rings. The molecule has 0 bridgehead atoms. The lowest BCUT2D eigenvalue weighted by Crippen LogP contribution is -1.86. The molecule has 0 amide bonds. The highest BCUT2D eigenvalue weighted by Crippen LogP contribution is 2.36. The summed E-state index contributed by atoms with van der Waals surface area (Å²) in [7, 11) is 1.62. The second kappa shape index (κ2) is 4.65. The van der Waals surface area contributed by atoms with Crippen LogP contribution >= 0.6 is 0 Å². The van der Waals surface area contributed by atoms with Crippen molar-refractivity contribution in [2.24, 2.45) is 0 Å². The van der Waals surface area contributed by atoms with E-state index in [1.807, 2.05) is 30.3 Å². The van der Waals surface area contributed by atoms with Crippen LogP contribution in [0.1, 0.15) is 0 Å². The van der Waals surface area contributed by atoms with E-state index in [0.29, 0.717) is 0 Å². The minimum Gasteiger partial charge on any atom is -0.507 e. The summed E-state index contributed by atoms with van der Waals surface area (Å²) < 4.78 is 5.23. The van der Waals surface area contributed by atoms with Gasteiger partial charge in [0.25, 0.3) is 0 Å². The molecule has 0 spiro atoms. The molecule has 19 heavy (non-hydrogen) atoms. The van der Waals surface area contributed by atoms with Gasteiger partial charge in [0.05, 0.1) is 7.11 Å². The molecule has 3 aromatic carbocycles. The highest BCUT2D eigenvalue weighted by atomic mass is 16.5. The first kappa shape index (κ1) is 11.6. The van der Waals surface area contributed by atoms with Crippen LogP contribution in [-0.2, 0) is 0 Å². The van der Waals surface area contributed by atoms with Gasteiger partial charge in [-0.05, 0) is 34.5 Å². The van der Waals surface area contributed by atoms with Gasteiger partial charge in [-0.15, -0.1) is 0 Å².